The molecular weight excluding hydrogens is 392 g/mol. The minimum Gasteiger partial charge on any atom is -0.497 e. The van der Waals surface area contributed by atoms with E-state index in [4.69, 9.17) is 14.2 Å². The summed E-state index contributed by atoms with van der Waals surface area (Å²) in [6, 6.07) is 22.4. The van der Waals surface area contributed by atoms with Crippen molar-refractivity contribution in [3.8, 4) is 17.2 Å². The van der Waals surface area contributed by atoms with Crippen LogP contribution in [0, 0.1) is 0 Å². The van der Waals surface area contributed by atoms with Gasteiger partial charge in [0.1, 0.15) is 22.9 Å². The van der Waals surface area contributed by atoms with E-state index in [1.807, 2.05) is 78.9 Å². The molecule has 1 heterocycles. The molecule has 6 heteroatoms. The molecule has 1 N–H and O–H groups in total. The van der Waals surface area contributed by atoms with Crippen molar-refractivity contribution >= 4 is 17.3 Å². The lowest BCUT2D eigenvalue weighted by atomic mass is 10.1. The standard InChI is InChI=1S/C25H24N2O4/c1-29-20-11-7-18(8-12-20)26-23-16-24(17-5-4-6-22(15-17)31-3)27(25(23)28)19-9-13-21(30-2)14-10-19/h4-16,24,26H,1-3H3/t24-/m0/s1. The van der Waals surface area contributed by atoms with E-state index in [0.29, 0.717) is 5.70 Å². The maximum Gasteiger partial charge on any atom is 0.275 e. The van der Waals surface area contributed by atoms with E-state index in [1.165, 1.54) is 0 Å². The smallest absolute Gasteiger partial charge is 0.275 e. The summed E-state index contributed by atoms with van der Waals surface area (Å²) in [4.78, 5) is 15.2. The lowest BCUT2D eigenvalue weighted by Crippen LogP contribution is -2.30. The second-order valence-corrected chi connectivity index (χ2v) is 7.03. The van der Waals surface area contributed by atoms with Gasteiger partial charge in [-0.25, -0.2) is 0 Å². The Bertz CT molecular complexity index is 1090. The predicted molar refractivity (Wildman–Crippen MR) is 121 cm³/mol. The molecule has 0 saturated carbocycles. The van der Waals surface area contributed by atoms with Crippen LogP contribution in [0.15, 0.2) is 84.6 Å². The first-order valence-corrected chi connectivity index (χ1v) is 9.87. The average Bonchev–Trinajstić information content (AvgIpc) is 3.15. The van der Waals surface area contributed by atoms with Gasteiger partial charge in [0, 0.05) is 11.4 Å². The Hall–Kier alpha value is -3.93. The third-order valence-electron chi connectivity index (χ3n) is 5.21. The van der Waals surface area contributed by atoms with Crippen LogP contribution in [0.2, 0.25) is 0 Å². The zero-order valence-electron chi connectivity index (χ0n) is 17.7. The SMILES string of the molecule is COc1ccc(NC2=C[C@@H](c3cccc(OC)c3)N(c3ccc(OC)cc3)C2=O)cc1. The third kappa shape index (κ3) is 4.19. The van der Waals surface area contributed by atoms with Crippen molar-refractivity contribution in [2.45, 2.75) is 6.04 Å². The van der Waals surface area contributed by atoms with E-state index < -0.39 is 0 Å². The molecule has 1 atom stereocenters. The van der Waals surface area contributed by atoms with Gasteiger partial charge in [0.05, 0.1) is 27.4 Å². The molecule has 158 valence electrons. The molecule has 31 heavy (non-hydrogen) atoms. The highest BCUT2D eigenvalue weighted by molar-refractivity contribution is 6.11. The van der Waals surface area contributed by atoms with Crippen LogP contribution in [0.25, 0.3) is 0 Å². The van der Waals surface area contributed by atoms with Gasteiger partial charge in [-0.2, -0.15) is 0 Å². The Morgan fingerprint density at radius 2 is 1.39 bits per heavy atom. The van der Waals surface area contributed by atoms with E-state index in [-0.39, 0.29) is 11.9 Å². The molecule has 0 fully saturated rings. The van der Waals surface area contributed by atoms with E-state index >= 15 is 0 Å². The number of benzene rings is 3. The maximum atomic E-state index is 13.4. The largest absolute Gasteiger partial charge is 0.497 e. The highest BCUT2D eigenvalue weighted by atomic mass is 16.5. The molecule has 1 aliphatic heterocycles. The van der Waals surface area contributed by atoms with Gasteiger partial charge in [0.2, 0.25) is 0 Å². The van der Waals surface area contributed by atoms with Crippen LogP contribution in [-0.4, -0.2) is 27.2 Å². The molecule has 0 bridgehead atoms. The molecule has 1 aliphatic rings. The van der Waals surface area contributed by atoms with Crippen LogP contribution in [0.4, 0.5) is 11.4 Å². The van der Waals surface area contributed by atoms with Crippen LogP contribution in [0.1, 0.15) is 11.6 Å². The van der Waals surface area contributed by atoms with E-state index in [2.05, 4.69) is 5.32 Å². The van der Waals surface area contributed by atoms with Gasteiger partial charge in [-0.3, -0.25) is 9.69 Å². The van der Waals surface area contributed by atoms with Gasteiger partial charge in [0.15, 0.2) is 0 Å². The second-order valence-electron chi connectivity index (χ2n) is 7.03. The van der Waals surface area contributed by atoms with Gasteiger partial charge in [-0.15, -0.1) is 0 Å². The molecular formula is C25H24N2O4. The van der Waals surface area contributed by atoms with Crippen molar-refractivity contribution < 1.29 is 19.0 Å². The normalized spacial score (nSPS) is 15.5. The fourth-order valence-electron chi connectivity index (χ4n) is 3.58. The molecule has 0 aromatic heterocycles. The molecule has 4 rings (SSSR count). The number of methoxy groups -OCH3 is 3. The van der Waals surface area contributed by atoms with E-state index in [1.54, 1.807) is 26.2 Å². The van der Waals surface area contributed by atoms with Crippen LogP contribution in [-0.2, 0) is 4.79 Å². The first-order valence-electron chi connectivity index (χ1n) is 9.87. The number of anilines is 2. The summed E-state index contributed by atoms with van der Waals surface area (Å²) >= 11 is 0. The number of carbonyl (C=O) groups excluding carboxylic acids is 1. The van der Waals surface area contributed by atoms with Gasteiger partial charge in [-0.1, -0.05) is 12.1 Å². The van der Waals surface area contributed by atoms with Crippen molar-refractivity contribution in [2.24, 2.45) is 0 Å². The quantitative estimate of drug-likeness (QED) is 0.600. The van der Waals surface area contributed by atoms with Gasteiger partial charge in [-0.05, 0) is 72.3 Å². The van der Waals surface area contributed by atoms with Crippen molar-refractivity contribution in [1.82, 2.24) is 0 Å². The average molecular weight is 416 g/mol. The Labute approximate surface area is 181 Å². The Balaban J connectivity index is 1.70. The minimum absolute atomic E-state index is 0.117. The van der Waals surface area contributed by atoms with Crippen molar-refractivity contribution in [2.75, 3.05) is 31.5 Å². The van der Waals surface area contributed by atoms with Gasteiger partial charge >= 0.3 is 0 Å². The lowest BCUT2D eigenvalue weighted by molar-refractivity contribution is -0.114. The van der Waals surface area contributed by atoms with Gasteiger partial charge in [0.25, 0.3) is 5.91 Å². The molecule has 3 aromatic rings. The number of nitrogens with one attached hydrogen (secondary N) is 1. The summed E-state index contributed by atoms with van der Waals surface area (Å²) in [5, 5.41) is 3.25. The Kier molecular flexibility index (Phi) is 5.80. The number of nitrogens with zero attached hydrogens (tertiary/aromatic N) is 1. The molecule has 0 saturated heterocycles. The van der Waals surface area contributed by atoms with Crippen molar-refractivity contribution in [3.05, 3.63) is 90.1 Å². The molecule has 0 unspecified atom stereocenters. The zero-order chi connectivity index (χ0) is 21.8. The van der Waals surface area contributed by atoms with Crippen LogP contribution in [0.5, 0.6) is 17.2 Å². The van der Waals surface area contributed by atoms with Crippen LogP contribution < -0.4 is 24.4 Å². The summed E-state index contributed by atoms with van der Waals surface area (Å²) in [7, 11) is 4.87. The fourth-order valence-corrected chi connectivity index (χ4v) is 3.58. The fraction of sp³-hybridized carbons (Fsp3) is 0.160. The first kappa shape index (κ1) is 20.3. The summed E-state index contributed by atoms with van der Waals surface area (Å²) < 4.78 is 15.9. The molecule has 0 spiro atoms. The van der Waals surface area contributed by atoms with Gasteiger partial charge < -0.3 is 19.5 Å². The molecule has 3 aromatic carbocycles. The summed E-state index contributed by atoms with van der Waals surface area (Å²) in [5.41, 5.74) is 3.05. The first-order chi connectivity index (χ1) is 15.1. The number of amides is 1. The zero-order valence-corrected chi connectivity index (χ0v) is 17.7. The molecule has 6 nitrogen and oxygen atoms in total. The highest BCUT2D eigenvalue weighted by Crippen LogP contribution is 2.37. The number of carbonyl (C=O) groups is 1. The van der Waals surface area contributed by atoms with Crippen LogP contribution in [0.3, 0.4) is 0 Å². The Morgan fingerprint density at radius 1 is 0.774 bits per heavy atom. The minimum atomic E-state index is -0.281. The maximum absolute atomic E-state index is 13.4. The summed E-state index contributed by atoms with van der Waals surface area (Å²) in [6.07, 6.45) is 1.94. The monoisotopic (exact) mass is 416 g/mol. The van der Waals surface area contributed by atoms with E-state index in [9.17, 15) is 4.79 Å². The number of hydrogen-bond donors (Lipinski definition) is 1. The highest BCUT2D eigenvalue weighted by Gasteiger charge is 2.35. The van der Waals surface area contributed by atoms with Crippen molar-refractivity contribution in [3.63, 3.8) is 0 Å². The number of rotatable bonds is 7. The van der Waals surface area contributed by atoms with E-state index in [0.717, 1.165) is 34.2 Å². The molecule has 1 amide bonds. The summed E-state index contributed by atoms with van der Waals surface area (Å²) in [5.74, 6) is 2.11. The Morgan fingerprint density at radius 3 is 2.00 bits per heavy atom. The molecule has 0 radical (unpaired) electrons. The second kappa shape index (κ2) is 8.83. The molecule has 0 aliphatic carbocycles. The summed E-state index contributed by atoms with van der Waals surface area (Å²) in [6.45, 7) is 0. The third-order valence-corrected chi connectivity index (χ3v) is 5.21. The number of hydrogen-bond acceptors (Lipinski definition) is 5. The number of ether oxygens (including phenoxy) is 3. The van der Waals surface area contributed by atoms with Crippen molar-refractivity contribution in [1.29, 1.82) is 0 Å². The predicted octanol–water partition coefficient (Wildman–Crippen LogP) is 4.80. The topological polar surface area (TPSA) is 60.0 Å². The van der Waals surface area contributed by atoms with Crippen LogP contribution >= 0.6 is 0 Å². The lowest BCUT2D eigenvalue weighted by Gasteiger charge is -2.25.